The van der Waals surface area contributed by atoms with E-state index in [0.717, 1.165) is 208 Å². The van der Waals surface area contributed by atoms with Crippen molar-refractivity contribution in [1.82, 2.24) is 58.1 Å². The fourth-order valence-corrected chi connectivity index (χ4v) is 13.6. The van der Waals surface area contributed by atoms with Gasteiger partial charge in [0.1, 0.15) is 0 Å². The van der Waals surface area contributed by atoms with Crippen LogP contribution >= 0.6 is 0 Å². The summed E-state index contributed by atoms with van der Waals surface area (Å²) in [5.74, 6) is 6.77. The van der Waals surface area contributed by atoms with Crippen molar-refractivity contribution in [1.29, 1.82) is 0 Å². The van der Waals surface area contributed by atoms with Crippen molar-refractivity contribution < 1.29 is 76.9 Å². The van der Waals surface area contributed by atoms with Crippen molar-refractivity contribution in [2.75, 3.05) is 56.4 Å². The number of hydrogen-bond donors (Lipinski definition) is 4. The van der Waals surface area contributed by atoms with E-state index in [1.54, 1.807) is 0 Å². The molecule has 0 spiro atoms. The Morgan fingerprint density at radius 3 is 0.421 bits per heavy atom. The van der Waals surface area contributed by atoms with Gasteiger partial charge in [-0.2, -0.15) is 0 Å². The Kier molecular flexibility index (Phi) is 30.1. The molecular formula is C80H88N24O8Zn2+4. The van der Waals surface area contributed by atoms with Gasteiger partial charge < -0.3 is 22.9 Å². The van der Waals surface area contributed by atoms with Crippen molar-refractivity contribution in [3.63, 3.8) is 0 Å². The molecule has 0 saturated carbocycles. The van der Waals surface area contributed by atoms with Crippen LogP contribution in [0.4, 0.5) is 0 Å². The van der Waals surface area contributed by atoms with E-state index in [1.807, 2.05) is 56.4 Å². The molecular weight excluding hydrogens is 1560 g/mol. The smallest absolute Gasteiger partial charge is 0.273 e. The fraction of sp³-hybridized carbons (Fsp3) is 0.200. The van der Waals surface area contributed by atoms with Gasteiger partial charge in [0.25, 0.3) is 46.6 Å². The molecule has 8 N–H and O–H groups in total. The van der Waals surface area contributed by atoms with Crippen LogP contribution in [0, 0.1) is 40.5 Å². The summed E-state index contributed by atoms with van der Waals surface area (Å²) in [7, 11) is 25.9. The fourth-order valence-electron chi connectivity index (χ4n) is 13.6. The van der Waals surface area contributed by atoms with Crippen molar-refractivity contribution in [3.8, 4) is 91.1 Å². The number of nitro groups is 4. The van der Waals surface area contributed by atoms with Crippen LogP contribution in [0.25, 0.3) is 179 Å². The molecule has 0 saturated heterocycles. The summed E-state index contributed by atoms with van der Waals surface area (Å²) in [4.78, 5) is 76.2. The second kappa shape index (κ2) is 38.9. The van der Waals surface area contributed by atoms with Crippen molar-refractivity contribution in [3.05, 3.63) is 235 Å². The van der Waals surface area contributed by atoms with E-state index in [9.17, 15) is 0 Å². The minimum absolute atomic E-state index is 0. The molecule has 576 valence electrons. The summed E-state index contributed by atoms with van der Waals surface area (Å²) < 4.78 is 16.8. The minimum Gasteiger partial charge on any atom is -0.333 e. The first kappa shape index (κ1) is 88.4. The summed E-state index contributed by atoms with van der Waals surface area (Å²) in [5.41, 5.74) is 33.1. The molecule has 16 bridgehead atoms. The summed E-state index contributed by atoms with van der Waals surface area (Å²) >= 11 is 0. The Hall–Kier alpha value is -12.8. The molecule has 4 aliphatic heterocycles. The van der Waals surface area contributed by atoms with Gasteiger partial charge in [-0.1, -0.05) is 137 Å². The third kappa shape index (κ3) is 17.3. The first-order chi connectivity index (χ1) is 53.9. The molecule has 34 heteroatoms. The number of aryl methyl sites for hydroxylation is 4. The zero-order valence-corrected chi connectivity index (χ0v) is 72.3. The standard InChI is InChI=1S/2C36H28N8.4CH3NO2.4CH5N.2Zn/c2*1-41-29-21-13-5-6-14-22(21)30(41)38-32-24-16-8-10-18-26(24)34(43(32)3)40-36-28-20-12-11-19-27(28)35(44(36)4)39-33-25-17-9-7-15-23(25)31(37-29)42(33)2;4*1-2(3)4;4*1-2;;/h2*5-20H,1-4H3;4*1H3;4*2H2,1H3;;/q2*+2;;;;;;;;;;. The van der Waals surface area contributed by atoms with Crippen molar-refractivity contribution in [2.45, 2.75) is 0 Å². The normalized spacial score (nSPS) is 10.4. The summed E-state index contributed by atoms with van der Waals surface area (Å²) in [6.07, 6.45) is 0. The van der Waals surface area contributed by atoms with Gasteiger partial charge in [-0.05, 0) is 125 Å². The second-order valence-electron chi connectivity index (χ2n) is 24.7. The summed E-state index contributed by atoms with van der Waals surface area (Å²) in [5, 5.41) is 43.6. The largest absolute Gasteiger partial charge is 0.333 e. The maximum Gasteiger partial charge on any atom is 0.273 e. The monoisotopic (exact) mass is 1640 g/mol. The average Bonchev–Trinajstić information content (AvgIpc) is 1.58. The van der Waals surface area contributed by atoms with Gasteiger partial charge in [-0.25, -0.2) is 18.3 Å². The molecule has 8 aromatic carbocycles. The molecule has 114 heavy (non-hydrogen) atoms. The molecule has 18 rings (SSSR count). The van der Waals surface area contributed by atoms with Gasteiger partial charge in [-0.15, -0.1) is 0 Å². The first-order valence-electron chi connectivity index (χ1n) is 34.9. The molecule has 4 aliphatic rings. The van der Waals surface area contributed by atoms with Crippen molar-refractivity contribution >= 4 is 88.3 Å². The summed E-state index contributed by atoms with van der Waals surface area (Å²) in [6.45, 7) is 0. The number of rotatable bonds is 0. The molecule has 10 heterocycles. The molecule has 0 unspecified atom stereocenters. The molecule has 0 aliphatic carbocycles. The Morgan fingerprint density at radius 1 is 0.237 bits per heavy atom. The molecule has 0 fully saturated rings. The van der Waals surface area contributed by atoms with Crippen LogP contribution in [0.3, 0.4) is 0 Å². The van der Waals surface area contributed by atoms with Gasteiger partial charge in [0.15, 0.2) is 28.2 Å². The van der Waals surface area contributed by atoms with Crippen LogP contribution in [-0.2, 0) is 95.3 Å². The second-order valence-corrected chi connectivity index (χ2v) is 24.7. The van der Waals surface area contributed by atoms with E-state index in [1.165, 1.54) is 28.2 Å². The van der Waals surface area contributed by atoms with Gasteiger partial charge in [-0.3, -0.25) is 58.7 Å². The van der Waals surface area contributed by atoms with Crippen LogP contribution in [0.15, 0.2) is 194 Å². The molecule has 6 aromatic heterocycles. The molecule has 32 nitrogen and oxygen atoms in total. The number of fused-ring (bicyclic) bond motifs is 40. The van der Waals surface area contributed by atoms with E-state index >= 15 is 0 Å². The third-order valence-electron chi connectivity index (χ3n) is 18.0. The quantitative estimate of drug-likeness (QED) is 0.0475. The molecule has 0 atom stereocenters. The van der Waals surface area contributed by atoms with Crippen LogP contribution in [0.1, 0.15) is 0 Å². The first-order valence-corrected chi connectivity index (χ1v) is 34.9. The maximum absolute atomic E-state index is 8.81. The third-order valence-corrected chi connectivity index (χ3v) is 18.0. The van der Waals surface area contributed by atoms with Gasteiger partial charge in [0.2, 0.25) is 45.2 Å². The predicted octanol–water partition coefficient (Wildman–Crippen LogP) is 9.36. The number of hydrogen-bond acceptors (Lipinski definition) is 20. The zero-order valence-electron chi connectivity index (χ0n) is 66.4. The Balaban J connectivity index is 0.000000245. The predicted molar refractivity (Wildman–Crippen MR) is 436 cm³/mol. The average molecular weight is 1640 g/mol. The van der Waals surface area contributed by atoms with E-state index in [0.29, 0.717) is 0 Å². The number of nitrogens with zero attached hydrogens (tertiary/aromatic N) is 20. The van der Waals surface area contributed by atoms with Crippen LogP contribution in [-0.4, -0.2) is 134 Å². The van der Waals surface area contributed by atoms with Gasteiger partial charge in [0.05, 0.1) is 72.7 Å². The van der Waals surface area contributed by atoms with Crippen molar-refractivity contribution in [2.24, 2.45) is 79.3 Å². The van der Waals surface area contributed by atoms with Crippen LogP contribution in [0.5, 0.6) is 0 Å². The number of aromatic nitrogens is 16. The van der Waals surface area contributed by atoms with Crippen LogP contribution < -0.4 is 41.2 Å². The SMILES string of the molecule is CN.CN.CN.CN.C[N+](=O)[O-].C[N+](=O)[O-].C[N+](=O)[O-].C[N+](=O)[O-].Cn1c2nc3[n+](C)c(nc4c5ccccc5c(nc5[n+](C)c(nc1c1ccccc12)-c1ccccc1-5)n4C)-c1ccccc1-3.Cn1c2nc3[n+](C)c(nc4c5ccccc5c(nc5[n+](C)c(nc1c1ccccc12)-c1ccccc1-5)n4C)-c1ccccc1-3.[Zn].[Zn]. The maximum atomic E-state index is 8.81. The van der Waals surface area contributed by atoms with Crippen LogP contribution in [0.2, 0.25) is 0 Å². The Bertz CT molecular complexity index is 5250. The summed E-state index contributed by atoms with van der Waals surface area (Å²) in [6, 6.07) is 66.9. The van der Waals surface area contributed by atoms with E-state index in [4.69, 9.17) is 80.3 Å². The Labute approximate surface area is 680 Å². The van der Waals surface area contributed by atoms with Gasteiger partial charge >= 0.3 is 0 Å². The zero-order chi connectivity index (χ0) is 81.7. The Morgan fingerprint density at radius 2 is 0.325 bits per heavy atom. The van der Waals surface area contributed by atoms with E-state index in [-0.39, 0.29) is 39.0 Å². The number of nitrogens with two attached hydrogens (primary N) is 4. The van der Waals surface area contributed by atoms with E-state index in [2.05, 4.69) is 254 Å². The molecule has 0 amide bonds. The number of benzene rings is 8. The molecule has 0 radical (unpaired) electrons. The molecule has 14 aromatic rings. The topological polar surface area (TPSA) is 415 Å². The van der Waals surface area contributed by atoms with Gasteiger partial charge in [0, 0.05) is 130 Å². The van der Waals surface area contributed by atoms with E-state index < -0.39 is 19.7 Å². The minimum atomic E-state index is -0.500.